The molecule has 5 rings (SSSR count). The second-order valence-corrected chi connectivity index (χ2v) is 7.98. The minimum Gasteiger partial charge on any atom is -0.495 e. The largest absolute Gasteiger partial charge is 0.495 e. The lowest BCUT2D eigenvalue weighted by Gasteiger charge is -2.26. The standard InChI is InChI=1S/C21H26N6O/c1-13-17-11-22-21(24-20(17)27(25-13)16-5-4-6-16)23-18-9-15-12-26(2)8-7-14(15)10-19(18)28-3/h9-11,16H,4-8,12H2,1-3H3,(H,22,23,24). The first-order chi connectivity index (χ1) is 13.6. The Morgan fingerprint density at radius 1 is 1.21 bits per heavy atom. The maximum Gasteiger partial charge on any atom is 0.229 e. The highest BCUT2D eigenvalue weighted by Crippen LogP contribution is 2.35. The summed E-state index contributed by atoms with van der Waals surface area (Å²) in [6.07, 6.45) is 6.54. The Morgan fingerprint density at radius 3 is 2.82 bits per heavy atom. The van der Waals surface area contributed by atoms with Crippen molar-refractivity contribution in [2.24, 2.45) is 0 Å². The van der Waals surface area contributed by atoms with Crippen LogP contribution in [0.5, 0.6) is 5.75 Å². The van der Waals surface area contributed by atoms with Crippen LogP contribution in [0.25, 0.3) is 11.0 Å². The number of nitrogens with one attached hydrogen (secondary N) is 1. The normalized spacial score (nSPS) is 17.4. The third-order valence-electron chi connectivity index (χ3n) is 6.03. The Morgan fingerprint density at radius 2 is 2.07 bits per heavy atom. The lowest BCUT2D eigenvalue weighted by molar-refractivity contribution is 0.295. The molecule has 0 unspecified atom stereocenters. The van der Waals surface area contributed by atoms with Crippen molar-refractivity contribution in [3.63, 3.8) is 0 Å². The molecule has 2 aliphatic rings. The van der Waals surface area contributed by atoms with Gasteiger partial charge in [-0.05, 0) is 62.9 Å². The molecule has 28 heavy (non-hydrogen) atoms. The van der Waals surface area contributed by atoms with Crippen LogP contribution in [0, 0.1) is 6.92 Å². The minimum absolute atomic E-state index is 0.466. The molecule has 2 aromatic heterocycles. The second kappa shape index (κ2) is 6.74. The second-order valence-electron chi connectivity index (χ2n) is 7.98. The van der Waals surface area contributed by atoms with Crippen LogP contribution in [0.4, 0.5) is 11.6 Å². The summed E-state index contributed by atoms with van der Waals surface area (Å²) in [5, 5.41) is 9.13. The zero-order valence-corrected chi connectivity index (χ0v) is 16.7. The van der Waals surface area contributed by atoms with E-state index in [9.17, 15) is 0 Å². The summed E-state index contributed by atoms with van der Waals surface area (Å²) in [7, 11) is 3.86. The summed E-state index contributed by atoms with van der Waals surface area (Å²) in [4.78, 5) is 11.7. The summed E-state index contributed by atoms with van der Waals surface area (Å²) in [6, 6.07) is 4.78. The third-order valence-corrected chi connectivity index (χ3v) is 6.03. The molecule has 3 heterocycles. The molecule has 0 saturated heterocycles. The van der Waals surface area contributed by atoms with Gasteiger partial charge in [0.25, 0.3) is 0 Å². The van der Waals surface area contributed by atoms with Crippen LogP contribution < -0.4 is 10.1 Å². The minimum atomic E-state index is 0.466. The van der Waals surface area contributed by atoms with Crippen molar-refractivity contribution >= 4 is 22.7 Å². The van der Waals surface area contributed by atoms with E-state index < -0.39 is 0 Å². The Labute approximate surface area is 164 Å². The van der Waals surface area contributed by atoms with Gasteiger partial charge in [0.1, 0.15) is 5.75 Å². The van der Waals surface area contributed by atoms with Crippen molar-refractivity contribution in [1.29, 1.82) is 0 Å². The summed E-state index contributed by atoms with van der Waals surface area (Å²) >= 11 is 0. The number of likely N-dealkylation sites (N-methyl/N-ethyl adjacent to an activating group) is 1. The SMILES string of the molecule is COc1cc2c(cc1Nc1ncc3c(C)nn(C4CCC4)c3n1)CN(C)CC2. The highest BCUT2D eigenvalue weighted by molar-refractivity contribution is 5.79. The highest BCUT2D eigenvalue weighted by atomic mass is 16.5. The van der Waals surface area contributed by atoms with Crippen LogP contribution in [0.3, 0.4) is 0 Å². The molecule has 0 spiro atoms. The topological polar surface area (TPSA) is 68.1 Å². The Kier molecular flexibility index (Phi) is 4.19. The summed E-state index contributed by atoms with van der Waals surface area (Å²) in [5.41, 5.74) is 5.49. The number of rotatable bonds is 4. The molecule has 0 atom stereocenters. The van der Waals surface area contributed by atoms with Gasteiger partial charge in [-0.1, -0.05) is 0 Å². The number of fused-ring (bicyclic) bond motifs is 2. The van der Waals surface area contributed by atoms with Crippen molar-refractivity contribution < 1.29 is 4.74 Å². The fourth-order valence-electron chi connectivity index (χ4n) is 4.13. The maximum absolute atomic E-state index is 5.64. The van der Waals surface area contributed by atoms with Gasteiger partial charge in [0.05, 0.1) is 29.9 Å². The van der Waals surface area contributed by atoms with E-state index in [1.54, 1.807) is 7.11 Å². The Balaban J connectivity index is 1.52. The number of aromatic nitrogens is 4. The Hall–Kier alpha value is -2.67. The van der Waals surface area contributed by atoms with Crippen molar-refractivity contribution in [2.75, 3.05) is 26.0 Å². The van der Waals surface area contributed by atoms with E-state index in [0.717, 1.165) is 47.7 Å². The molecule has 1 aliphatic carbocycles. The zero-order valence-electron chi connectivity index (χ0n) is 16.7. The fraction of sp³-hybridized carbons (Fsp3) is 0.476. The van der Waals surface area contributed by atoms with Crippen molar-refractivity contribution in [2.45, 2.75) is 45.2 Å². The lowest BCUT2D eigenvalue weighted by Crippen LogP contribution is -2.26. The molecule has 0 bridgehead atoms. The zero-order chi connectivity index (χ0) is 19.3. The van der Waals surface area contributed by atoms with Crippen LogP contribution in [0.1, 0.15) is 42.1 Å². The van der Waals surface area contributed by atoms with Gasteiger partial charge in [-0.2, -0.15) is 10.1 Å². The molecule has 1 saturated carbocycles. The molecule has 0 amide bonds. The van der Waals surface area contributed by atoms with Crippen molar-refractivity contribution in [3.8, 4) is 5.75 Å². The molecule has 7 nitrogen and oxygen atoms in total. The number of ether oxygens (including phenoxy) is 1. The number of hydrogen-bond donors (Lipinski definition) is 1. The van der Waals surface area contributed by atoms with Gasteiger partial charge >= 0.3 is 0 Å². The van der Waals surface area contributed by atoms with E-state index in [2.05, 4.69) is 39.1 Å². The first kappa shape index (κ1) is 17.4. The van der Waals surface area contributed by atoms with E-state index in [0.29, 0.717) is 12.0 Å². The lowest BCUT2D eigenvalue weighted by atomic mass is 9.93. The molecule has 146 valence electrons. The van der Waals surface area contributed by atoms with Crippen LogP contribution in [0.2, 0.25) is 0 Å². The summed E-state index contributed by atoms with van der Waals surface area (Å²) in [5.74, 6) is 1.41. The average molecular weight is 378 g/mol. The maximum atomic E-state index is 5.64. The van der Waals surface area contributed by atoms with E-state index in [1.165, 1.54) is 30.4 Å². The molecule has 1 aliphatic heterocycles. The predicted molar refractivity (Wildman–Crippen MR) is 109 cm³/mol. The fourth-order valence-corrected chi connectivity index (χ4v) is 4.13. The predicted octanol–water partition coefficient (Wildman–Crippen LogP) is 3.60. The molecule has 1 aromatic carbocycles. The van der Waals surface area contributed by atoms with Crippen LogP contribution in [0.15, 0.2) is 18.3 Å². The number of nitrogens with zero attached hydrogens (tertiary/aromatic N) is 5. The molecule has 0 radical (unpaired) electrons. The summed E-state index contributed by atoms with van der Waals surface area (Å²) in [6.45, 7) is 4.05. The molecule has 1 fully saturated rings. The molecular formula is C21H26N6O. The number of benzene rings is 1. The van der Waals surface area contributed by atoms with Gasteiger partial charge in [0.2, 0.25) is 5.95 Å². The number of anilines is 2. The van der Waals surface area contributed by atoms with Gasteiger partial charge in [0, 0.05) is 19.3 Å². The van der Waals surface area contributed by atoms with Gasteiger partial charge in [0.15, 0.2) is 5.65 Å². The first-order valence-electron chi connectivity index (χ1n) is 9.99. The Bertz CT molecular complexity index is 1040. The smallest absolute Gasteiger partial charge is 0.229 e. The van der Waals surface area contributed by atoms with Crippen molar-refractivity contribution in [1.82, 2.24) is 24.6 Å². The molecule has 3 aromatic rings. The first-order valence-corrected chi connectivity index (χ1v) is 9.99. The molecule has 7 heteroatoms. The van der Waals surface area contributed by atoms with Gasteiger partial charge < -0.3 is 15.0 Å². The number of aryl methyl sites for hydroxylation is 1. The van der Waals surface area contributed by atoms with Gasteiger partial charge in [-0.3, -0.25) is 0 Å². The third kappa shape index (κ3) is 2.90. The number of hydrogen-bond acceptors (Lipinski definition) is 6. The average Bonchev–Trinajstić information content (AvgIpc) is 2.95. The van der Waals surface area contributed by atoms with Crippen LogP contribution in [-0.2, 0) is 13.0 Å². The van der Waals surface area contributed by atoms with E-state index in [1.807, 2.05) is 13.1 Å². The highest BCUT2D eigenvalue weighted by Gasteiger charge is 2.24. The van der Waals surface area contributed by atoms with Crippen LogP contribution in [-0.4, -0.2) is 45.4 Å². The molecule has 1 N–H and O–H groups in total. The summed E-state index contributed by atoms with van der Waals surface area (Å²) < 4.78 is 7.72. The number of methoxy groups -OCH3 is 1. The monoisotopic (exact) mass is 378 g/mol. The van der Waals surface area contributed by atoms with E-state index in [4.69, 9.17) is 14.8 Å². The quantitative estimate of drug-likeness (QED) is 0.748. The van der Waals surface area contributed by atoms with E-state index in [-0.39, 0.29) is 0 Å². The van der Waals surface area contributed by atoms with Crippen LogP contribution >= 0.6 is 0 Å². The van der Waals surface area contributed by atoms with Gasteiger partial charge in [-0.25, -0.2) is 9.67 Å². The van der Waals surface area contributed by atoms with Gasteiger partial charge in [-0.15, -0.1) is 0 Å². The molecular weight excluding hydrogens is 352 g/mol. The van der Waals surface area contributed by atoms with E-state index >= 15 is 0 Å². The van der Waals surface area contributed by atoms with Crippen molar-refractivity contribution in [3.05, 3.63) is 35.2 Å².